The second-order valence-corrected chi connectivity index (χ2v) is 4.10. The number of aromatic amines is 1. The average molecular weight is 198 g/mol. The van der Waals surface area contributed by atoms with Crippen molar-refractivity contribution in [1.82, 2.24) is 4.98 Å². The third kappa shape index (κ3) is 1.08. The lowest BCUT2D eigenvalue weighted by Crippen LogP contribution is -1.67. The molecule has 1 N–H and O–H groups in total. The van der Waals surface area contributed by atoms with Gasteiger partial charge < -0.3 is 4.98 Å². The summed E-state index contributed by atoms with van der Waals surface area (Å²) >= 11 is 1.76. The largest absolute Gasteiger partial charge is 0.361 e. The third-order valence-electron chi connectivity index (χ3n) is 2.31. The summed E-state index contributed by atoms with van der Waals surface area (Å²) in [6.45, 7) is 0. The maximum Gasteiger partial charge on any atom is 0.0461 e. The van der Waals surface area contributed by atoms with Crippen LogP contribution in [-0.4, -0.2) is 4.98 Å². The van der Waals surface area contributed by atoms with Crippen LogP contribution in [0.3, 0.4) is 0 Å². The molecule has 0 fully saturated rings. The molecule has 67 valence electrons. The van der Waals surface area contributed by atoms with Gasteiger partial charge in [0.05, 0.1) is 0 Å². The third-order valence-corrected chi connectivity index (χ3v) is 3.22. The molecule has 2 heterocycles. The molecular formula is C12H8NS. The van der Waals surface area contributed by atoms with Crippen LogP contribution in [-0.2, 0) is 0 Å². The van der Waals surface area contributed by atoms with Gasteiger partial charge in [-0.05, 0) is 29.6 Å². The molecule has 14 heavy (non-hydrogen) atoms. The molecule has 1 radical (unpaired) electrons. The van der Waals surface area contributed by atoms with Gasteiger partial charge in [-0.3, -0.25) is 0 Å². The summed E-state index contributed by atoms with van der Waals surface area (Å²) in [5.74, 6) is 0. The van der Waals surface area contributed by atoms with Crippen molar-refractivity contribution in [3.8, 4) is 10.4 Å². The van der Waals surface area contributed by atoms with E-state index < -0.39 is 0 Å². The van der Waals surface area contributed by atoms with Crippen LogP contribution in [0.1, 0.15) is 0 Å². The molecule has 1 nitrogen and oxygen atoms in total. The molecule has 0 aliphatic heterocycles. The first kappa shape index (κ1) is 7.83. The van der Waals surface area contributed by atoms with E-state index in [4.69, 9.17) is 0 Å². The number of benzene rings is 1. The topological polar surface area (TPSA) is 15.8 Å². The molecule has 0 aliphatic rings. The summed E-state index contributed by atoms with van der Waals surface area (Å²) in [5, 5.41) is 3.34. The molecule has 0 amide bonds. The Bertz CT molecular complexity index is 548. The zero-order valence-corrected chi connectivity index (χ0v) is 8.27. The van der Waals surface area contributed by atoms with Gasteiger partial charge in [-0.1, -0.05) is 12.1 Å². The zero-order chi connectivity index (χ0) is 9.38. The Kier molecular flexibility index (Phi) is 1.67. The Labute approximate surface area is 86.0 Å². The predicted molar refractivity (Wildman–Crippen MR) is 60.4 cm³/mol. The van der Waals surface area contributed by atoms with Crippen LogP contribution in [0.15, 0.2) is 41.9 Å². The first-order chi connectivity index (χ1) is 6.95. The standard InChI is InChI=1S/C12H8NS/c1-2-5-11-9(4-1)10(8-13-11)12-6-3-7-14-12/h2-8,13H. The Morgan fingerprint density at radius 3 is 3.14 bits per heavy atom. The smallest absolute Gasteiger partial charge is 0.0461 e. The van der Waals surface area contributed by atoms with Crippen molar-refractivity contribution in [3.63, 3.8) is 0 Å². The Hall–Kier alpha value is -1.54. The minimum Gasteiger partial charge on any atom is -0.361 e. The van der Waals surface area contributed by atoms with Crippen LogP contribution in [0, 0.1) is 6.07 Å². The van der Waals surface area contributed by atoms with Crippen LogP contribution in [0.2, 0.25) is 0 Å². The number of thiophene rings is 1. The maximum absolute atomic E-state index is 3.26. The first-order valence-electron chi connectivity index (χ1n) is 4.46. The minimum absolute atomic E-state index is 1.17. The van der Waals surface area contributed by atoms with Gasteiger partial charge in [-0.25, -0.2) is 0 Å². The Morgan fingerprint density at radius 2 is 2.29 bits per heavy atom. The van der Waals surface area contributed by atoms with Gasteiger partial charge in [0.15, 0.2) is 0 Å². The van der Waals surface area contributed by atoms with Crippen LogP contribution in [0.25, 0.3) is 21.3 Å². The summed E-state index contributed by atoms with van der Waals surface area (Å²) in [6, 6.07) is 13.3. The molecule has 1 aromatic carbocycles. The van der Waals surface area contributed by atoms with Gasteiger partial charge in [-0.15, -0.1) is 11.3 Å². The second-order valence-electron chi connectivity index (χ2n) is 3.15. The van der Waals surface area contributed by atoms with Gasteiger partial charge >= 0.3 is 0 Å². The predicted octanol–water partition coefficient (Wildman–Crippen LogP) is 3.70. The van der Waals surface area contributed by atoms with Crippen molar-refractivity contribution < 1.29 is 0 Å². The molecule has 2 aromatic heterocycles. The highest BCUT2D eigenvalue weighted by molar-refractivity contribution is 7.13. The van der Waals surface area contributed by atoms with Crippen LogP contribution >= 0.6 is 11.3 Å². The quantitative estimate of drug-likeness (QED) is 0.613. The van der Waals surface area contributed by atoms with E-state index in [1.165, 1.54) is 21.3 Å². The van der Waals surface area contributed by atoms with Gasteiger partial charge in [0.25, 0.3) is 0 Å². The van der Waals surface area contributed by atoms with Crippen molar-refractivity contribution >= 4 is 22.2 Å². The molecule has 3 aromatic rings. The van der Waals surface area contributed by atoms with Crippen molar-refractivity contribution in [2.24, 2.45) is 0 Å². The van der Waals surface area contributed by atoms with E-state index in [0.717, 1.165) is 0 Å². The fourth-order valence-corrected chi connectivity index (χ4v) is 2.40. The fourth-order valence-electron chi connectivity index (χ4n) is 1.64. The number of nitrogens with one attached hydrogen (secondary N) is 1. The summed E-state index contributed by atoms with van der Waals surface area (Å²) in [7, 11) is 0. The molecule has 0 bridgehead atoms. The summed E-state index contributed by atoms with van der Waals surface area (Å²) in [6.07, 6.45) is 2.06. The molecule has 0 unspecified atom stereocenters. The van der Waals surface area contributed by atoms with Crippen molar-refractivity contribution in [2.75, 3.05) is 0 Å². The molecule has 0 saturated carbocycles. The zero-order valence-electron chi connectivity index (χ0n) is 7.45. The summed E-state index contributed by atoms with van der Waals surface area (Å²) in [5.41, 5.74) is 2.44. The first-order valence-corrected chi connectivity index (χ1v) is 5.34. The molecule has 0 saturated heterocycles. The SMILES string of the molecule is [c]1ccc2[nH]cc(-c3cccs3)c2c1. The normalized spacial score (nSPS) is 10.9. The van der Waals surface area contributed by atoms with Gasteiger partial charge in [0, 0.05) is 27.5 Å². The number of hydrogen-bond donors (Lipinski definition) is 1. The van der Waals surface area contributed by atoms with E-state index >= 15 is 0 Å². The summed E-state index contributed by atoms with van der Waals surface area (Å²) in [4.78, 5) is 4.56. The monoisotopic (exact) mass is 198 g/mol. The van der Waals surface area contributed by atoms with Gasteiger partial charge in [0.1, 0.15) is 0 Å². The van der Waals surface area contributed by atoms with Gasteiger partial charge in [0.2, 0.25) is 0 Å². The van der Waals surface area contributed by atoms with Gasteiger partial charge in [-0.2, -0.15) is 0 Å². The molecule has 3 rings (SSSR count). The summed E-state index contributed by atoms with van der Waals surface area (Å²) < 4.78 is 0. The number of rotatable bonds is 1. The highest BCUT2D eigenvalue weighted by Crippen LogP contribution is 2.31. The average Bonchev–Trinajstić information content (AvgIpc) is 2.85. The van der Waals surface area contributed by atoms with E-state index in [9.17, 15) is 0 Å². The highest BCUT2D eigenvalue weighted by atomic mass is 32.1. The van der Waals surface area contributed by atoms with E-state index in [2.05, 4.69) is 34.8 Å². The lowest BCUT2D eigenvalue weighted by atomic mass is 10.1. The van der Waals surface area contributed by atoms with E-state index in [0.29, 0.717) is 0 Å². The lowest BCUT2D eigenvalue weighted by molar-refractivity contribution is 1.48. The fraction of sp³-hybridized carbons (Fsp3) is 0. The van der Waals surface area contributed by atoms with Crippen LogP contribution in [0.5, 0.6) is 0 Å². The number of H-pyrrole nitrogens is 1. The molecular weight excluding hydrogens is 190 g/mol. The lowest BCUT2D eigenvalue weighted by Gasteiger charge is -1.92. The number of hydrogen-bond acceptors (Lipinski definition) is 1. The molecule has 2 heteroatoms. The number of aromatic nitrogens is 1. The number of fused-ring (bicyclic) bond motifs is 1. The highest BCUT2D eigenvalue weighted by Gasteiger charge is 2.05. The van der Waals surface area contributed by atoms with Crippen LogP contribution in [0.4, 0.5) is 0 Å². The van der Waals surface area contributed by atoms with E-state index in [1.807, 2.05) is 18.2 Å². The minimum atomic E-state index is 1.17. The van der Waals surface area contributed by atoms with Crippen LogP contribution < -0.4 is 0 Å². The molecule has 0 spiro atoms. The molecule has 0 aliphatic carbocycles. The van der Waals surface area contributed by atoms with Crippen molar-refractivity contribution in [1.29, 1.82) is 0 Å². The Balaban J connectivity index is 2.33. The Morgan fingerprint density at radius 1 is 1.29 bits per heavy atom. The maximum atomic E-state index is 3.26. The van der Waals surface area contributed by atoms with E-state index in [-0.39, 0.29) is 0 Å². The van der Waals surface area contributed by atoms with E-state index in [1.54, 1.807) is 11.3 Å². The van der Waals surface area contributed by atoms with Crippen molar-refractivity contribution in [3.05, 3.63) is 48.0 Å². The molecule has 0 atom stereocenters. The van der Waals surface area contributed by atoms with Crippen molar-refractivity contribution in [2.45, 2.75) is 0 Å². The second kappa shape index (κ2) is 3.00.